The zero-order valence-electron chi connectivity index (χ0n) is 18.5. The van der Waals surface area contributed by atoms with E-state index in [4.69, 9.17) is 5.73 Å². The third kappa shape index (κ3) is 4.47. The Balaban J connectivity index is 1.21. The first kappa shape index (κ1) is 20.5. The van der Waals surface area contributed by atoms with E-state index in [0.717, 1.165) is 81.9 Å². The lowest BCUT2D eigenvalue weighted by molar-refractivity contribution is 0.402. The van der Waals surface area contributed by atoms with Crippen LogP contribution in [-0.2, 0) is 6.42 Å². The summed E-state index contributed by atoms with van der Waals surface area (Å²) in [5.41, 5.74) is 8.75. The van der Waals surface area contributed by atoms with Crippen molar-refractivity contribution in [3.05, 3.63) is 66.6 Å². The minimum absolute atomic E-state index is 0.709. The van der Waals surface area contributed by atoms with Gasteiger partial charge in [0.25, 0.3) is 0 Å². The Morgan fingerprint density at radius 3 is 2.00 bits per heavy atom. The summed E-state index contributed by atoms with van der Waals surface area (Å²) in [6, 6.07) is 16.9. The molecule has 2 saturated heterocycles. The van der Waals surface area contributed by atoms with E-state index in [1.165, 1.54) is 5.56 Å². The van der Waals surface area contributed by atoms with Crippen LogP contribution in [0.3, 0.4) is 0 Å². The molecule has 5 rings (SSSR count). The molecule has 0 spiro atoms. The number of hydrogen-bond donors (Lipinski definition) is 1. The fourth-order valence-electron chi connectivity index (χ4n) is 4.87. The van der Waals surface area contributed by atoms with Crippen LogP contribution in [-0.4, -0.2) is 54.2 Å². The molecule has 0 atom stereocenters. The Kier molecular flexibility index (Phi) is 6.05. The van der Waals surface area contributed by atoms with Crippen molar-refractivity contribution in [1.82, 2.24) is 15.0 Å². The van der Waals surface area contributed by atoms with Crippen molar-refractivity contribution >= 4 is 23.1 Å². The highest BCUT2D eigenvalue weighted by molar-refractivity contribution is 5.76. The van der Waals surface area contributed by atoms with Crippen LogP contribution in [0.4, 0.5) is 23.1 Å². The van der Waals surface area contributed by atoms with Crippen LogP contribution in [0.25, 0.3) is 0 Å². The monoisotopic (exact) mass is 429 g/mol. The number of rotatable bonds is 5. The number of nitrogens with two attached hydrogens (primary N) is 1. The van der Waals surface area contributed by atoms with Gasteiger partial charge in [-0.25, -0.2) is 15.0 Å². The molecule has 7 heteroatoms. The van der Waals surface area contributed by atoms with Gasteiger partial charge in [-0.1, -0.05) is 36.4 Å². The molecule has 3 aromatic rings. The molecule has 2 aromatic heterocycles. The minimum Gasteiger partial charge on any atom is -0.393 e. The topological polar surface area (TPSA) is 74.4 Å². The van der Waals surface area contributed by atoms with Crippen molar-refractivity contribution in [3.63, 3.8) is 0 Å². The molecule has 0 aliphatic carbocycles. The van der Waals surface area contributed by atoms with E-state index in [2.05, 4.69) is 66.0 Å². The van der Waals surface area contributed by atoms with Gasteiger partial charge >= 0.3 is 0 Å². The average Bonchev–Trinajstić information content (AvgIpc) is 2.86. The molecule has 0 unspecified atom stereocenters. The van der Waals surface area contributed by atoms with E-state index in [1.54, 1.807) is 6.33 Å². The van der Waals surface area contributed by atoms with Crippen molar-refractivity contribution in [2.24, 2.45) is 5.92 Å². The number of piperazine rings is 1. The van der Waals surface area contributed by atoms with Gasteiger partial charge in [-0.05, 0) is 42.9 Å². The van der Waals surface area contributed by atoms with Crippen LogP contribution in [0.5, 0.6) is 0 Å². The fraction of sp³-hybridized carbons (Fsp3) is 0.400. The normalized spacial score (nSPS) is 17.6. The van der Waals surface area contributed by atoms with Crippen molar-refractivity contribution < 1.29 is 0 Å². The molecular formula is C25H31N7. The van der Waals surface area contributed by atoms with Crippen molar-refractivity contribution in [2.75, 3.05) is 59.7 Å². The van der Waals surface area contributed by atoms with E-state index >= 15 is 0 Å². The van der Waals surface area contributed by atoms with Crippen molar-refractivity contribution in [1.29, 1.82) is 0 Å². The molecule has 1 aromatic carbocycles. The summed E-state index contributed by atoms with van der Waals surface area (Å²) in [5.74, 6) is 3.50. The molecule has 0 radical (unpaired) electrons. The summed E-state index contributed by atoms with van der Waals surface area (Å²) in [7, 11) is 0. The largest absolute Gasteiger partial charge is 0.393 e. The lowest BCUT2D eigenvalue weighted by Crippen LogP contribution is -2.47. The SMILES string of the molecule is Nc1c(N2CCC(Cc3ccccc3)CC2)ncnc1N1CCN(c2ccccn2)CC1. The van der Waals surface area contributed by atoms with E-state index in [1.807, 2.05) is 18.3 Å². The summed E-state index contributed by atoms with van der Waals surface area (Å²) in [6.07, 6.45) is 6.99. The third-order valence-electron chi connectivity index (χ3n) is 6.68. The number of nitrogens with zero attached hydrogens (tertiary/aromatic N) is 6. The summed E-state index contributed by atoms with van der Waals surface area (Å²) in [6.45, 7) is 5.53. The molecule has 4 heterocycles. The summed E-state index contributed by atoms with van der Waals surface area (Å²) < 4.78 is 0. The summed E-state index contributed by atoms with van der Waals surface area (Å²) in [4.78, 5) is 20.5. The molecule has 0 bridgehead atoms. The number of pyridine rings is 1. The predicted molar refractivity (Wildman–Crippen MR) is 130 cm³/mol. The minimum atomic E-state index is 0.709. The number of aromatic nitrogens is 3. The van der Waals surface area contributed by atoms with Gasteiger partial charge in [0.05, 0.1) is 0 Å². The van der Waals surface area contributed by atoms with Gasteiger partial charge in [-0.15, -0.1) is 0 Å². The lowest BCUT2D eigenvalue weighted by atomic mass is 9.90. The first-order valence-corrected chi connectivity index (χ1v) is 11.6. The molecule has 2 aliphatic rings. The second kappa shape index (κ2) is 9.42. The Morgan fingerprint density at radius 2 is 1.34 bits per heavy atom. The average molecular weight is 430 g/mol. The molecular weight excluding hydrogens is 398 g/mol. The molecule has 32 heavy (non-hydrogen) atoms. The van der Waals surface area contributed by atoms with Crippen molar-refractivity contribution in [2.45, 2.75) is 19.3 Å². The van der Waals surface area contributed by atoms with Gasteiger partial charge in [0.2, 0.25) is 0 Å². The van der Waals surface area contributed by atoms with E-state index in [9.17, 15) is 0 Å². The van der Waals surface area contributed by atoms with Crippen LogP contribution in [0.1, 0.15) is 18.4 Å². The van der Waals surface area contributed by atoms with E-state index in [-0.39, 0.29) is 0 Å². The molecule has 2 aliphatic heterocycles. The number of hydrogen-bond acceptors (Lipinski definition) is 7. The van der Waals surface area contributed by atoms with Gasteiger partial charge in [0.1, 0.15) is 17.8 Å². The highest BCUT2D eigenvalue weighted by atomic mass is 15.3. The summed E-state index contributed by atoms with van der Waals surface area (Å²) >= 11 is 0. The van der Waals surface area contributed by atoms with Gasteiger partial charge in [-0.2, -0.15) is 0 Å². The molecule has 0 amide bonds. The Labute approximate surface area is 189 Å². The van der Waals surface area contributed by atoms with Gasteiger partial charge in [-0.3, -0.25) is 0 Å². The zero-order valence-corrected chi connectivity index (χ0v) is 18.5. The van der Waals surface area contributed by atoms with Crippen LogP contribution >= 0.6 is 0 Å². The van der Waals surface area contributed by atoms with Crippen LogP contribution in [0.2, 0.25) is 0 Å². The maximum absolute atomic E-state index is 6.61. The Morgan fingerprint density at radius 1 is 0.719 bits per heavy atom. The first-order valence-electron chi connectivity index (χ1n) is 11.6. The second-order valence-corrected chi connectivity index (χ2v) is 8.72. The fourth-order valence-corrected chi connectivity index (χ4v) is 4.87. The highest BCUT2D eigenvalue weighted by Crippen LogP contribution is 2.33. The van der Waals surface area contributed by atoms with Crippen LogP contribution < -0.4 is 20.4 Å². The van der Waals surface area contributed by atoms with Gasteiger partial charge < -0.3 is 20.4 Å². The number of piperidine rings is 1. The molecule has 2 fully saturated rings. The number of anilines is 4. The maximum atomic E-state index is 6.61. The predicted octanol–water partition coefficient (Wildman–Crippen LogP) is 3.24. The van der Waals surface area contributed by atoms with E-state index < -0.39 is 0 Å². The summed E-state index contributed by atoms with van der Waals surface area (Å²) in [5, 5.41) is 0. The number of benzene rings is 1. The van der Waals surface area contributed by atoms with Gasteiger partial charge in [0.15, 0.2) is 11.6 Å². The molecule has 166 valence electrons. The molecule has 7 nitrogen and oxygen atoms in total. The van der Waals surface area contributed by atoms with Crippen LogP contribution in [0.15, 0.2) is 61.1 Å². The molecule has 2 N–H and O–H groups in total. The quantitative estimate of drug-likeness (QED) is 0.667. The zero-order chi connectivity index (χ0) is 21.8. The van der Waals surface area contributed by atoms with E-state index in [0.29, 0.717) is 5.69 Å². The van der Waals surface area contributed by atoms with Crippen molar-refractivity contribution in [3.8, 4) is 0 Å². The molecule has 0 saturated carbocycles. The second-order valence-electron chi connectivity index (χ2n) is 8.72. The van der Waals surface area contributed by atoms with Gasteiger partial charge in [0, 0.05) is 45.5 Å². The standard InChI is InChI=1S/C25H31N7/c26-23-24(31-12-9-21(10-13-31)18-20-6-2-1-3-7-20)28-19-29-25(23)32-16-14-30(15-17-32)22-8-4-5-11-27-22/h1-8,11,19,21H,9-10,12-18,26H2. The third-order valence-corrected chi connectivity index (χ3v) is 6.68. The number of nitrogen functional groups attached to an aromatic ring is 1. The lowest BCUT2D eigenvalue weighted by Gasteiger charge is -2.37. The highest BCUT2D eigenvalue weighted by Gasteiger charge is 2.26. The maximum Gasteiger partial charge on any atom is 0.157 e. The Bertz CT molecular complexity index is 995. The Hall–Kier alpha value is -3.35. The van der Waals surface area contributed by atoms with Crippen LogP contribution in [0, 0.1) is 5.92 Å². The smallest absolute Gasteiger partial charge is 0.157 e. The first-order chi connectivity index (χ1) is 15.8.